The number of esters is 1. The van der Waals surface area contributed by atoms with Gasteiger partial charge >= 0.3 is 5.97 Å². The number of aromatic nitrogens is 2. The minimum atomic E-state index is -0.414. The number of carbonyl (C=O) groups excluding carboxylic acids is 1. The van der Waals surface area contributed by atoms with Crippen molar-refractivity contribution in [3.63, 3.8) is 0 Å². The fourth-order valence-electron chi connectivity index (χ4n) is 1.86. The van der Waals surface area contributed by atoms with E-state index < -0.39 is 5.97 Å². The molecule has 0 fully saturated rings. The predicted octanol–water partition coefficient (Wildman–Crippen LogP) is 2.75. The summed E-state index contributed by atoms with van der Waals surface area (Å²) in [6.07, 6.45) is 1.87. The molecule has 0 amide bonds. The van der Waals surface area contributed by atoms with E-state index in [2.05, 4.69) is 18.9 Å². The van der Waals surface area contributed by atoms with Gasteiger partial charge in [-0.25, -0.2) is 9.48 Å². The number of rotatable bonds is 4. The van der Waals surface area contributed by atoms with E-state index >= 15 is 0 Å². The summed E-state index contributed by atoms with van der Waals surface area (Å²) in [4.78, 5) is 11.8. The van der Waals surface area contributed by atoms with Crippen molar-refractivity contribution >= 4 is 11.7 Å². The predicted molar refractivity (Wildman–Crippen MR) is 78.0 cm³/mol. The fraction of sp³-hybridized carbons (Fsp3) is 0.333. The van der Waals surface area contributed by atoms with Gasteiger partial charge in [-0.1, -0.05) is 13.8 Å². The maximum absolute atomic E-state index is 11.8. The smallest absolute Gasteiger partial charge is 0.340 e. The van der Waals surface area contributed by atoms with E-state index in [1.54, 1.807) is 23.7 Å². The Labute approximate surface area is 118 Å². The molecule has 20 heavy (non-hydrogen) atoms. The zero-order chi connectivity index (χ0) is 14.7. The molecule has 0 aliphatic heterocycles. The number of nitrogens with two attached hydrogens (primary N) is 1. The van der Waals surface area contributed by atoms with Crippen molar-refractivity contribution in [2.45, 2.75) is 26.7 Å². The SMILES string of the molecule is CCOC(=O)c1cc(-n2ccc(C(C)C)n2)ccc1N. The summed E-state index contributed by atoms with van der Waals surface area (Å²) < 4.78 is 6.73. The number of carbonyl (C=O) groups is 1. The van der Waals surface area contributed by atoms with E-state index in [1.807, 2.05) is 18.3 Å². The molecule has 1 heterocycles. The lowest BCUT2D eigenvalue weighted by molar-refractivity contribution is 0.0527. The standard InChI is InChI=1S/C15H19N3O2/c1-4-20-15(19)12-9-11(5-6-13(12)16)18-8-7-14(17-18)10(2)3/h5-10H,4,16H2,1-3H3. The molecule has 2 aromatic rings. The van der Waals surface area contributed by atoms with Crippen LogP contribution >= 0.6 is 0 Å². The molecule has 0 saturated carbocycles. The molecule has 0 bridgehead atoms. The number of hydrogen-bond donors (Lipinski definition) is 1. The van der Waals surface area contributed by atoms with Crippen LogP contribution in [0.1, 0.15) is 42.7 Å². The molecule has 106 valence electrons. The monoisotopic (exact) mass is 273 g/mol. The third kappa shape index (κ3) is 2.82. The van der Waals surface area contributed by atoms with Crippen LogP contribution in [0.5, 0.6) is 0 Å². The molecule has 2 rings (SSSR count). The Morgan fingerprint density at radius 1 is 1.40 bits per heavy atom. The third-order valence-corrected chi connectivity index (χ3v) is 3.00. The molecule has 1 aromatic heterocycles. The van der Waals surface area contributed by atoms with Gasteiger partial charge in [-0.15, -0.1) is 0 Å². The Balaban J connectivity index is 2.37. The molecule has 0 saturated heterocycles. The van der Waals surface area contributed by atoms with Crippen LogP contribution in [0.2, 0.25) is 0 Å². The second kappa shape index (κ2) is 5.77. The normalized spacial score (nSPS) is 10.8. The highest BCUT2D eigenvalue weighted by molar-refractivity contribution is 5.95. The second-order valence-electron chi connectivity index (χ2n) is 4.83. The molecule has 0 atom stereocenters. The fourth-order valence-corrected chi connectivity index (χ4v) is 1.86. The van der Waals surface area contributed by atoms with Gasteiger partial charge in [-0.3, -0.25) is 0 Å². The van der Waals surface area contributed by atoms with Crippen LogP contribution in [-0.4, -0.2) is 22.4 Å². The van der Waals surface area contributed by atoms with E-state index in [0.717, 1.165) is 11.4 Å². The van der Waals surface area contributed by atoms with Crippen molar-refractivity contribution in [2.24, 2.45) is 0 Å². The van der Waals surface area contributed by atoms with Crippen molar-refractivity contribution < 1.29 is 9.53 Å². The van der Waals surface area contributed by atoms with Gasteiger partial charge in [0.05, 0.1) is 23.6 Å². The van der Waals surface area contributed by atoms with E-state index in [9.17, 15) is 4.79 Å². The Morgan fingerprint density at radius 3 is 2.75 bits per heavy atom. The molecule has 0 radical (unpaired) electrons. The lowest BCUT2D eigenvalue weighted by Crippen LogP contribution is -2.09. The highest BCUT2D eigenvalue weighted by Gasteiger charge is 2.13. The maximum atomic E-state index is 11.8. The second-order valence-corrected chi connectivity index (χ2v) is 4.83. The van der Waals surface area contributed by atoms with Crippen LogP contribution in [0.15, 0.2) is 30.5 Å². The first-order valence-corrected chi connectivity index (χ1v) is 6.65. The lowest BCUT2D eigenvalue weighted by Gasteiger charge is -2.08. The van der Waals surface area contributed by atoms with Crippen LogP contribution in [0.3, 0.4) is 0 Å². The van der Waals surface area contributed by atoms with Crippen molar-refractivity contribution in [3.05, 3.63) is 41.7 Å². The first-order valence-electron chi connectivity index (χ1n) is 6.65. The Morgan fingerprint density at radius 2 is 2.15 bits per heavy atom. The average Bonchev–Trinajstić information content (AvgIpc) is 2.89. The Bertz CT molecular complexity index is 617. The van der Waals surface area contributed by atoms with Gasteiger partial charge in [0.25, 0.3) is 0 Å². The molecule has 0 aliphatic rings. The quantitative estimate of drug-likeness (QED) is 0.687. The minimum absolute atomic E-state index is 0.321. The van der Waals surface area contributed by atoms with E-state index in [1.165, 1.54) is 0 Å². The summed E-state index contributed by atoms with van der Waals surface area (Å²) in [5.41, 5.74) is 8.38. The number of ether oxygens (including phenoxy) is 1. The number of benzene rings is 1. The number of nitrogen functional groups attached to an aromatic ring is 1. The minimum Gasteiger partial charge on any atom is -0.462 e. The third-order valence-electron chi connectivity index (χ3n) is 3.00. The molecule has 1 aromatic carbocycles. The van der Waals surface area contributed by atoms with Crippen LogP contribution in [0.25, 0.3) is 5.69 Å². The first kappa shape index (κ1) is 14.1. The van der Waals surface area contributed by atoms with Gasteiger partial charge in [0, 0.05) is 11.9 Å². The average molecular weight is 273 g/mol. The van der Waals surface area contributed by atoms with Crippen LogP contribution < -0.4 is 5.73 Å². The molecule has 0 aliphatic carbocycles. The van der Waals surface area contributed by atoms with Crippen molar-refractivity contribution in [2.75, 3.05) is 12.3 Å². The molecular formula is C15H19N3O2. The van der Waals surface area contributed by atoms with Gasteiger partial charge in [-0.05, 0) is 37.1 Å². The van der Waals surface area contributed by atoms with Crippen molar-refractivity contribution in [3.8, 4) is 5.69 Å². The summed E-state index contributed by atoms with van der Waals surface area (Å²) in [6, 6.07) is 7.18. The van der Waals surface area contributed by atoms with Gasteiger partial charge in [0.2, 0.25) is 0 Å². The van der Waals surface area contributed by atoms with E-state index in [0.29, 0.717) is 23.8 Å². The van der Waals surface area contributed by atoms with Gasteiger partial charge < -0.3 is 10.5 Å². The molecule has 0 unspecified atom stereocenters. The number of anilines is 1. The largest absolute Gasteiger partial charge is 0.462 e. The van der Waals surface area contributed by atoms with E-state index in [-0.39, 0.29) is 0 Å². The molecule has 5 heteroatoms. The maximum Gasteiger partial charge on any atom is 0.340 e. The first-order chi connectivity index (χ1) is 9.52. The molecule has 0 spiro atoms. The van der Waals surface area contributed by atoms with Crippen molar-refractivity contribution in [1.29, 1.82) is 0 Å². The van der Waals surface area contributed by atoms with Gasteiger partial charge in [0.1, 0.15) is 0 Å². The van der Waals surface area contributed by atoms with Gasteiger partial charge in [-0.2, -0.15) is 5.10 Å². The highest BCUT2D eigenvalue weighted by atomic mass is 16.5. The zero-order valence-electron chi connectivity index (χ0n) is 12.0. The van der Waals surface area contributed by atoms with Crippen LogP contribution in [-0.2, 0) is 4.74 Å². The molecular weight excluding hydrogens is 254 g/mol. The summed E-state index contributed by atoms with van der Waals surface area (Å²) in [6.45, 7) is 6.25. The molecule has 5 nitrogen and oxygen atoms in total. The van der Waals surface area contributed by atoms with Crippen LogP contribution in [0, 0.1) is 0 Å². The van der Waals surface area contributed by atoms with Gasteiger partial charge in [0.15, 0.2) is 0 Å². The lowest BCUT2D eigenvalue weighted by atomic mass is 10.1. The number of hydrogen-bond acceptors (Lipinski definition) is 4. The highest BCUT2D eigenvalue weighted by Crippen LogP contribution is 2.19. The summed E-state index contributed by atoms with van der Waals surface area (Å²) >= 11 is 0. The Kier molecular flexibility index (Phi) is 4.08. The zero-order valence-corrected chi connectivity index (χ0v) is 12.0. The Hall–Kier alpha value is -2.30. The topological polar surface area (TPSA) is 70.1 Å². The number of nitrogens with zero attached hydrogens (tertiary/aromatic N) is 2. The van der Waals surface area contributed by atoms with E-state index in [4.69, 9.17) is 10.5 Å². The van der Waals surface area contributed by atoms with Crippen molar-refractivity contribution in [1.82, 2.24) is 9.78 Å². The summed E-state index contributed by atoms with van der Waals surface area (Å²) in [7, 11) is 0. The summed E-state index contributed by atoms with van der Waals surface area (Å²) in [5, 5.41) is 4.48. The molecule has 2 N–H and O–H groups in total. The van der Waals surface area contributed by atoms with Crippen LogP contribution in [0.4, 0.5) is 5.69 Å². The summed E-state index contributed by atoms with van der Waals surface area (Å²) in [5.74, 6) is -0.0577.